The van der Waals surface area contributed by atoms with Gasteiger partial charge in [-0.3, -0.25) is 0 Å². The summed E-state index contributed by atoms with van der Waals surface area (Å²) < 4.78 is 20.9. The fourth-order valence-electron chi connectivity index (χ4n) is 2.64. The average Bonchev–Trinajstić information content (AvgIpc) is 2.65. The topological polar surface area (TPSA) is 77.5 Å². The highest BCUT2D eigenvalue weighted by molar-refractivity contribution is 5.67. The molecule has 0 atom stereocenters. The zero-order valence-electron chi connectivity index (χ0n) is 14.8. The van der Waals surface area contributed by atoms with E-state index in [0.717, 1.165) is 5.56 Å². The molecule has 1 saturated heterocycles. The molecule has 0 radical (unpaired) electrons. The Balaban J connectivity index is 1.70. The van der Waals surface area contributed by atoms with E-state index in [1.807, 2.05) is 30.3 Å². The van der Waals surface area contributed by atoms with Gasteiger partial charge in [-0.2, -0.15) is 0 Å². The summed E-state index contributed by atoms with van der Waals surface area (Å²) in [6, 6.07) is 9.55. The van der Waals surface area contributed by atoms with Crippen molar-refractivity contribution in [1.82, 2.24) is 4.90 Å². The summed E-state index contributed by atoms with van der Waals surface area (Å²) in [5.41, 5.74) is 0.00556. The lowest BCUT2D eigenvalue weighted by Crippen LogP contribution is -2.49. The van der Waals surface area contributed by atoms with Gasteiger partial charge < -0.3 is 29.0 Å². The third-order valence-electron chi connectivity index (χ3n) is 4.31. The van der Waals surface area contributed by atoms with Crippen LogP contribution in [0.3, 0.4) is 0 Å². The number of carbonyl (C=O) groups is 1. The number of amides is 1. The molecule has 1 heterocycles. The first-order valence-electron chi connectivity index (χ1n) is 8.37. The van der Waals surface area contributed by atoms with Crippen molar-refractivity contribution in [3.05, 3.63) is 35.9 Å². The second kappa shape index (κ2) is 9.72. The standard InChI is InChI=1S/C18H27NO6/c1-22-16(23-2)13-24-14-18(21)8-10-19(11-9-18)17(20)25-12-15-6-4-3-5-7-15/h3-7,16,21H,8-14H2,1-2H3. The highest BCUT2D eigenvalue weighted by Gasteiger charge is 2.35. The molecule has 7 nitrogen and oxygen atoms in total. The number of hydrogen-bond acceptors (Lipinski definition) is 6. The lowest BCUT2D eigenvalue weighted by Gasteiger charge is -2.37. The molecular weight excluding hydrogens is 326 g/mol. The van der Waals surface area contributed by atoms with E-state index in [1.54, 1.807) is 4.90 Å². The van der Waals surface area contributed by atoms with Gasteiger partial charge in [0.1, 0.15) is 6.61 Å². The van der Waals surface area contributed by atoms with Gasteiger partial charge in [-0.1, -0.05) is 30.3 Å². The van der Waals surface area contributed by atoms with Crippen molar-refractivity contribution in [3.8, 4) is 0 Å². The van der Waals surface area contributed by atoms with E-state index >= 15 is 0 Å². The molecule has 2 rings (SSSR count). The molecule has 7 heteroatoms. The van der Waals surface area contributed by atoms with Gasteiger partial charge in [0, 0.05) is 27.3 Å². The molecule has 140 valence electrons. The van der Waals surface area contributed by atoms with E-state index < -0.39 is 11.9 Å². The maximum Gasteiger partial charge on any atom is 0.410 e. The summed E-state index contributed by atoms with van der Waals surface area (Å²) in [6.07, 6.45) is 0.0816. The highest BCUT2D eigenvalue weighted by Crippen LogP contribution is 2.23. The third-order valence-corrected chi connectivity index (χ3v) is 4.31. The number of nitrogens with zero attached hydrogens (tertiary/aromatic N) is 1. The normalized spacial score (nSPS) is 16.9. The summed E-state index contributed by atoms with van der Waals surface area (Å²) >= 11 is 0. The average molecular weight is 353 g/mol. The van der Waals surface area contributed by atoms with Crippen molar-refractivity contribution < 1.29 is 28.8 Å². The number of methoxy groups -OCH3 is 2. The number of carbonyl (C=O) groups excluding carboxylic acids is 1. The quantitative estimate of drug-likeness (QED) is 0.718. The summed E-state index contributed by atoms with van der Waals surface area (Å²) in [4.78, 5) is 13.7. The summed E-state index contributed by atoms with van der Waals surface area (Å²) in [6.45, 7) is 1.55. The van der Waals surface area contributed by atoms with Gasteiger partial charge in [0.2, 0.25) is 0 Å². The fourth-order valence-corrected chi connectivity index (χ4v) is 2.64. The minimum atomic E-state index is -0.942. The van der Waals surface area contributed by atoms with E-state index in [4.69, 9.17) is 18.9 Å². The van der Waals surface area contributed by atoms with E-state index in [2.05, 4.69) is 0 Å². The molecule has 0 bridgehead atoms. The predicted octanol–water partition coefficient (Wildman–Crippen LogP) is 1.79. The first-order chi connectivity index (χ1) is 12.1. The fraction of sp³-hybridized carbons (Fsp3) is 0.611. The molecule has 1 fully saturated rings. The number of piperidine rings is 1. The monoisotopic (exact) mass is 353 g/mol. The SMILES string of the molecule is COC(COCC1(O)CCN(C(=O)OCc2ccccc2)CC1)OC. The maximum atomic E-state index is 12.1. The number of aliphatic hydroxyl groups is 1. The molecular formula is C18H27NO6. The van der Waals surface area contributed by atoms with Crippen LogP contribution in [0.25, 0.3) is 0 Å². The smallest absolute Gasteiger partial charge is 0.410 e. The van der Waals surface area contributed by atoms with Gasteiger partial charge >= 0.3 is 6.09 Å². The molecule has 0 spiro atoms. The van der Waals surface area contributed by atoms with Crippen molar-refractivity contribution in [2.45, 2.75) is 31.3 Å². The van der Waals surface area contributed by atoms with Crippen LogP contribution in [-0.4, -0.2) is 68.5 Å². The van der Waals surface area contributed by atoms with Crippen LogP contribution >= 0.6 is 0 Å². The van der Waals surface area contributed by atoms with Gasteiger partial charge in [-0.15, -0.1) is 0 Å². The van der Waals surface area contributed by atoms with Crippen LogP contribution in [0.1, 0.15) is 18.4 Å². The van der Waals surface area contributed by atoms with Crippen LogP contribution in [0.4, 0.5) is 4.79 Å². The van der Waals surface area contributed by atoms with Crippen molar-refractivity contribution in [2.24, 2.45) is 0 Å². The van der Waals surface area contributed by atoms with Gasteiger partial charge in [0.15, 0.2) is 6.29 Å². The molecule has 1 amide bonds. The zero-order valence-corrected chi connectivity index (χ0v) is 14.8. The zero-order chi connectivity index (χ0) is 18.1. The second-order valence-electron chi connectivity index (χ2n) is 6.17. The van der Waals surface area contributed by atoms with Crippen LogP contribution in [0.15, 0.2) is 30.3 Å². The van der Waals surface area contributed by atoms with Gasteiger partial charge in [-0.25, -0.2) is 4.79 Å². The maximum absolute atomic E-state index is 12.1. The first-order valence-corrected chi connectivity index (χ1v) is 8.37. The predicted molar refractivity (Wildman–Crippen MR) is 91.0 cm³/mol. The van der Waals surface area contributed by atoms with E-state index in [1.165, 1.54) is 14.2 Å². The lowest BCUT2D eigenvalue weighted by molar-refractivity contribution is -0.160. The molecule has 0 aliphatic carbocycles. The Morgan fingerprint density at radius 3 is 2.44 bits per heavy atom. The van der Waals surface area contributed by atoms with Crippen molar-refractivity contribution in [2.75, 3.05) is 40.5 Å². The third kappa shape index (κ3) is 6.28. The van der Waals surface area contributed by atoms with E-state index in [0.29, 0.717) is 25.9 Å². The molecule has 1 aliphatic heterocycles. The van der Waals surface area contributed by atoms with E-state index in [9.17, 15) is 9.90 Å². The second-order valence-corrected chi connectivity index (χ2v) is 6.17. The van der Waals surface area contributed by atoms with Gasteiger partial charge in [0.05, 0.1) is 18.8 Å². The first kappa shape index (κ1) is 19.7. The minimum Gasteiger partial charge on any atom is -0.445 e. The van der Waals surface area contributed by atoms with Crippen LogP contribution < -0.4 is 0 Å². The molecule has 1 aromatic carbocycles. The van der Waals surface area contributed by atoms with Crippen LogP contribution in [0.5, 0.6) is 0 Å². The Hall–Kier alpha value is -1.67. The van der Waals surface area contributed by atoms with Crippen LogP contribution in [0, 0.1) is 0 Å². The summed E-state index contributed by atoms with van der Waals surface area (Å²) in [5.74, 6) is 0. The minimum absolute atomic E-state index is 0.184. The summed E-state index contributed by atoms with van der Waals surface area (Å²) in [7, 11) is 3.07. The Morgan fingerprint density at radius 2 is 1.84 bits per heavy atom. The number of likely N-dealkylation sites (tertiary alicyclic amines) is 1. The Bertz CT molecular complexity index is 512. The van der Waals surface area contributed by atoms with Crippen molar-refractivity contribution >= 4 is 6.09 Å². The van der Waals surface area contributed by atoms with E-state index in [-0.39, 0.29) is 25.9 Å². The van der Waals surface area contributed by atoms with Crippen LogP contribution in [-0.2, 0) is 25.6 Å². The van der Waals surface area contributed by atoms with Crippen molar-refractivity contribution in [3.63, 3.8) is 0 Å². The largest absolute Gasteiger partial charge is 0.445 e. The molecule has 1 aliphatic rings. The highest BCUT2D eigenvalue weighted by atomic mass is 16.7. The molecule has 1 N–H and O–H groups in total. The van der Waals surface area contributed by atoms with Gasteiger partial charge in [-0.05, 0) is 18.4 Å². The molecule has 0 saturated carbocycles. The summed E-state index contributed by atoms with van der Waals surface area (Å²) in [5, 5.41) is 10.6. The number of ether oxygens (including phenoxy) is 4. The Kier molecular flexibility index (Phi) is 7.64. The Labute approximate surface area is 148 Å². The number of benzene rings is 1. The molecule has 1 aromatic rings. The number of hydrogen-bond donors (Lipinski definition) is 1. The van der Waals surface area contributed by atoms with Crippen molar-refractivity contribution in [1.29, 1.82) is 0 Å². The molecule has 0 unspecified atom stereocenters. The molecule has 25 heavy (non-hydrogen) atoms. The van der Waals surface area contributed by atoms with Gasteiger partial charge in [0.25, 0.3) is 0 Å². The Morgan fingerprint density at radius 1 is 1.20 bits per heavy atom. The molecule has 0 aromatic heterocycles. The lowest BCUT2D eigenvalue weighted by atomic mass is 9.92. The van der Waals surface area contributed by atoms with Crippen LogP contribution in [0.2, 0.25) is 0 Å². The number of rotatable bonds is 8.